The molecular weight excluding hydrogens is 158 g/mol. The minimum Gasteiger partial charge on any atom is -0.350 e. The number of nitrogens with zero attached hydrogens (tertiary/aromatic N) is 1. The summed E-state index contributed by atoms with van der Waals surface area (Å²) in [7, 11) is 0. The first-order valence-corrected chi connectivity index (χ1v) is 3.70. The molecule has 12 heavy (non-hydrogen) atoms. The molecule has 0 saturated heterocycles. The van der Waals surface area contributed by atoms with E-state index in [9.17, 15) is 4.79 Å². The molecule has 2 rings (SSSR count). The molecule has 64 valence electrons. The van der Waals surface area contributed by atoms with Gasteiger partial charge in [-0.15, -0.1) is 0 Å². The van der Waals surface area contributed by atoms with Gasteiger partial charge in [-0.2, -0.15) is 0 Å². The first-order valence-electron chi connectivity index (χ1n) is 3.70. The second kappa shape index (κ2) is 2.31. The summed E-state index contributed by atoms with van der Waals surface area (Å²) >= 11 is 0. The number of aryl methyl sites for hydroxylation is 1. The van der Waals surface area contributed by atoms with E-state index in [1.807, 2.05) is 0 Å². The van der Waals surface area contributed by atoms with Crippen LogP contribution in [-0.4, -0.2) is 17.6 Å². The molecule has 0 spiro atoms. The predicted molar refractivity (Wildman–Crippen MR) is 40.5 cm³/mol. The minimum absolute atomic E-state index is 0.191. The van der Waals surface area contributed by atoms with Gasteiger partial charge >= 0.3 is 0 Å². The van der Waals surface area contributed by atoms with E-state index in [0.717, 1.165) is 5.56 Å². The van der Waals surface area contributed by atoms with E-state index in [1.165, 1.54) is 0 Å². The Hall–Kier alpha value is -1.36. The van der Waals surface area contributed by atoms with Gasteiger partial charge in [0.25, 0.3) is 5.91 Å². The molecule has 1 amide bonds. The maximum Gasteiger partial charge on any atom is 0.290 e. The van der Waals surface area contributed by atoms with Gasteiger partial charge in [-0.1, -0.05) is 5.16 Å². The van der Waals surface area contributed by atoms with Gasteiger partial charge in [-0.3, -0.25) is 4.79 Å². The Kier molecular flexibility index (Phi) is 1.41. The minimum atomic E-state index is -0.229. The molecule has 1 unspecified atom stereocenters. The van der Waals surface area contributed by atoms with Crippen molar-refractivity contribution in [3.05, 3.63) is 17.0 Å². The van der Waals surface area contributed by atoms with Crippen molar-refractivity contribution in [1.29, 1.82) is 0 Å². The largest absolute Gasteiger partial charge is 0.350 e. The summed E-state index contributed by atoms with van der Waals surface area (Å²) in [6, 6.07) is -0.191. The molecule has 5 heteroatoms. The van der Waals surface area contributed by atoms with E-state index in [-0.39, 0.29) is 17.7 Å². The van der Waals surface area contributed by atoms with Gasteiger partial charge in [-0.25, -0.2) is 0 Å². The van der Waals surface area contributed by atoms with Crippen molar-refractivity contribution in [2.45, 2.75) is 13.0 Å². The lowest BCUT2D eigenvalue weighted by molar-refractivity contribution is 0.0901. The molecule has 2 heterocycles. The molecule has 0 aliphatic carbocycles. The lowest BCUT2D eigenvalue weighted by Crippen LogP contribution is -2.37. The van der Waals surface area contributed by atoms with Crippen LogP contribution in [0.2, 0.25) is 0 Å². The van der Waals surface area contributed by atoms with Crippen LogP contribution in [-0.2, 0) is 0 Å². The van der Waals surface area contributed by atoms with Crippen LogP contribution >= 0.6 is 0 Å². The van der Waals surface area contributed by atoms with Crippen molar-refractivity contribution < 1.29 is 9.32 Å². The molecule has 0 saturated carbocycles. The maximum absolute atomic E-state index is 11.1. The van der Waals surface area contributed by atoms with Crippen molar-refractivity contribution in [2.24, 2.45) is 5.73 Å². The first kappa shape index (κ1) is 7.30. The summed E-state index contributed by atoms with van der Waals surface area (Å²) in [5.41, 5.74) is 7.18. The Morgan fingerprint density at radius 3 is 3.17 bits per heavy atom. The molecule has 0 fully saturated rings. The van der Waals surface area contributed by atoms with Crippen LogP contribution < -0.4 is 11.1 Å². The molecule has 1 aromatic heterocycles. The number of fused-ring (bicyclic) bond motifs is 1. The zero-order valence-corrected chi connectivity index (χ0v) is 6.63. The van der Waals surface area contributed by atoms with E-state index < -0.39 is 0 Å². The van der Waals surface area contributed by atoms with Crippen LogP contribution in [0, 0.1) is 6.92 Å². The lowest BCUT2D eigenvalue weighted by Gasteiger charge is -2.17. The Morgan fingerprint density at radius 2 is 2.50 bits per heavy atom. The van der Waals surface area contributed by atoms with E-state index in [4.69, 9.17) is 10.3 Å². The Balaban J connectivity index is 2.57. The van der Waals surface area contributed by atoms with E-state index in [0.29, 0.717) is 12.2 Å². The summed E-state index contributed by atoms with van der Waals surface area (Å²) in [4.78, 5) is 11.1. The highest BCUT2D eigenvalue weighted by molar-refractivity contribution is 5.94. The Morgan fingerprint density at radius 1 is 1.75 bits per heavy atom. The van der Waals surface area contributed by atoms with Crippen LogP contribution in [0.3, 0.4) is 0 Å². The van der Waals surface area contributed by atoms with Crippen LogP contribution in [0.5, 0.6) is 0 Å². The number of carbonyl (C=O) groups excluding carboxylic acids is 1. The van der Waals surface area contributed by atoms with Crippen molar-refractivity contribution in [3.63, 3.8) is 0 Å². The maximum atomic E-state index is 11.1. The third-order valence-corrected chi connectivity index (χ3v) is 1.97. The normalized spacial score (nSPS) is 21.8. The smallest absolute Gasteiger partial charge is 0.290 e. The third-order valence-electron chi connectivity index (χ3n) is 1.97. The standard InChI is InChI=1S/C7H9N3O2/c1-3-5-4(8)2-9-7(11)6(5)12-10-3/h4H,2,8H2,1H3,(H,9,11). The number of hydrogen-bond acceptors (Lipinski definition) is 4. The van der Waals surface area contributed by atoms with Gasteiger partial charge in [0.05, 0.1) is 11.7 Å². The Bertz CT molecular complexity index is 331. The average molecular weight is 167 g/mol. The summed E-state index contributed by atoms with van der Waals surface area (Å²) in [5.74, 6) is 0.0264. The highest BCUT2D eigenvalue weighted by Gasteiger charge is 2.29. The molecule has 5 nitrogen and oxygen atoms in total. The van der Waals surface area contributed by atoms with Crippen LogP contribution in [0.15, 0.2) is 4.52 Å². The second-order valence-corrected chi connectivity index (χ2v) is 2.83. The van der Waals surface area contributed by atoms with Gasteiger partial charge in [0.2, 0.25) is 5.76 Å². The van der Waals surface area contributed by atoms with Gasteiger partial charge in [0, 0.05) is 12.1 Å². The summed E-state index contributed by atoms with van der Waals surface area (Å²) in [6.45, 7) is 2.23. The lowest BCUT2D eigenvalue weighted by atomic mass is 10.0. The fraction of sp³-hybridized carbons (Fsp3) is 0.429. The molecule has 3 N–H and O–H groups in total. The molecule has 0 radical (unpaired) electrons. The van der Waals surface area contributed by atoms with Crippen molar-refractivity contribution in [2.75, 3.05) is 6.54 Å². The molecule has 1 aliphatic rings. The number of nitrogens with one attached hydrogen (secondary N) is 1. The number of aromatic nitrogens is 1. The summed E-state index contributed by atoms with van der Waals surface area (Å²) in [5, 5.41) is 6.29. The predicted octanol–water partition coefficient (Wildman–Crippen LogP) is -0.274. The second-order valence-electron chi connectivity index (χ2n) is 2.83. The highest BCUT2D eigenvalue weighted by Crippen LogP contribution is 2.22. The fourth-order valence-corrected chi connectivity index (χ4v) is 1.36. The van der Waals surface area contributed by atoms with Gasteiger partial charge in [0.1, 0.15) is 0 Å². The quantitative estimate of drug-likeness (QED) is 0.557. The summed E-state index contributed by atoms with van der Waals surface area (Å²) in [6.07, 6.45) is 0. The Labute approximate surface area is 68.9 Å². The molecular formula is C7H9N3O2. The molecule has 1 atom stereocenters. The fourth-order valence-electron chi connectivity index (χ4n) is 1.36. The average Bonchev–Trinajstić information content (AvgIpc) is 2.42. The topological polar surface area (TPSA) is 81.2 Å². The molecule has 0 aromatic carbocycles. The number of hydrogen-bond donors (Lipinski definition) is 2. The van der Waals surface area contributed by atoms with E-state index >= 15 is 0 Å². The van der Waals surface area contributed by atoms with Gasteiger partial charge < -0.3 is 15.6 Å². The molecule has 0 bridgehead atoms. The van der Waals surface area contributed by atoms with Crippen molar-refractivity contribution >= 4 is 5.91 Å². The van der Waals surface area contributed by atoms with Crippen molar-refractivity contribution in [1.82, 2.24) is 10.5 Å². The monoisotopic (exact) mass is 167 g/mol. The number of nitrogens with two attached hydrogens (primary N) is 1. The van der Waals surface area contributed by atoms with E-state index in [2.05, 4.69) is 10.5 Å². The van der Waals surface area contributed by atoms with Crippen LogP contribution in [0.4, 0.5) is 0 Å². The summed E-state index contributed by atoms with van der Waals surface area (Å²) < 4.78 is 4.83. The first-order chi connectivity index (χ1) is 5.70. The SMILES string of the molecule is Cc1noc2c1C(N)CNC2=O. The zero-order chi connectivity index (χ0) is 8.72. The van der Waals surface area contributed by atoms with Crippen LogP contribution in [0.1, 0.15) is 27.9 Å². The highest BCUT2D eigenvalue weighted by atomic mass is 16.5. The van der Waals surface area contributed by atoms with Crippen LogP contribution in [0.25, 0.3) is 0 Å². The zero-order valence-electron chi connectivity index (χ0n) is 6.63. The van der Waals surface area contributed by atoms with Gasteiger partial charge in [0.15, 0.2) is 0 Å². The van der Waals surface area contributed by atoms with E-state index in [1.54, 1.807) is 6.92 Å². The van der Waals surface area contributed by atoms with Gasteiger partial charge in [-0.05, 0) is 6.92 Å². The molecule has 1 aliphatic heterocycles. The van der Waals surface area contributed by atoms with Crippen molar-refractivity contribution in [3.8, 4) is 0 Å². The number of amides is 1. The third kappa shape index (κ3) is 0.831. The molecule has 1 aromatic rings. The number of carbonyl (C=O) groups is 1. The number of rotatable bonds is 0.